The molecule has 3 heterocycles. The van der Waals surface area contributed by atoms with Crippen molar-refractivity contribution >= 4 is 17.4 Å². The van der Waals surface area contributed by atoms with E-state index >= 15 is 0 Å². The molecule has 0 aliphatic carbocycles. The molecule has 37 heavy (non-hydrogen) atoms. The number of rotatable bonds is 6. The number of nitrogens with zero attached hydrogens (tertiary/aromatic N) is 4. The molecule has 1 aliphatic rings. The lowest BCUT2D eigenvalue weighted by atomic mass is 10.2. The predicted octanol–water partition coefficient (Wildman–Crippen LogP) is 3.44. The number of aliphatic hydroxyl groups excluding tert-OH is 1. The average molecular weight is 505 g/mol. The molecule has 0 spiro atoms. The quantitative estimate of drug-likeness (QED) is 0.413. The van der Waals surface area contributed by atoms with Crippen LogP contribution < -0.4 is 20.5 Å². The van der Waals surface area contributed by atoms with Crippen LogP contribution in [0.5, 0.6) is 11.5 Å². The Balaban J connectivity index is 1.32. The fourth-order valence-electron chi connectivity index (χ4n) is 3.79. The van der Waals surface area contributed by atoms with Crippen molar-refractivity contribution in [3.05, 3.63) is 100 Å². The minimum Gasteiger partial charge on any atom is -0.454 e. The zero-order valence-corrected chi connectivity index (χ0v) is 19.6. The highest BCUT2D eigenvalue weighted by molar-refractivity contribution is 6.03. The number of carbonyl (C=O) groups excluding carboxylic acids is 1. The molecular formula is C26H21F2N5O4. The maximum atomic E-state index is 14.8. The van der Waals surface area contributed by atoms with E-state index in [1.165, 1.54) is 48.7 Å². The average Bonchev–Trinajstić information content (AvgIpc) is 2.85. The smallest absolute Gasteiger partial charge is 0.276 e. The van der Waals surface area contributed by atoms with E-state index < -0.39 is 29.2 Å². The fraction of sp³-hybridized carbons (Fsp3) is 0.154. The van der Waals surface area contributed by atoms with Crippen molar-refractivity contribution in [2.75, 3.05) is 23.3 Å². The Labute approximate surface area is 209 Å². The molecule has 2 N–H and O–H groups in total. The molecule has 0 unspecified atom stereocenters. The Bertz CT molecular complexity index is 1540. The van der Waals surface area contributed by atoms with Crippen molar-refractivity contribution in [2.24, 2.45) is 0 Å². The van der Waals surface area contributed by atoms with E-state index in [4.69, 9.17) is 4.74 Å². The molecule has 1 saturated heterocycles. The monoisotopic (exact) mass is 505 g/mol. The van der Waals surface area contributed by atoms with Gasteiger partial charge in [0.1, 0.15) is 17.4 Å². The summed E-state index contributed by atoms with van der Waals surface area (Å²) in [6.45, 7) is 2.49. The number of carbonyl (C=O) groups is 1. The third-order valence-electron chi connectivity index (χ3n) is 5.73. The van der Waals surface area contributed by atoms with E-state index in [0.29, 0.717) is 30.2 Å². The lowest BCUT2D eigenvalue weighted by Gasteiger charge is -2.36. The third-order valence-corrected chi connectivity index (χ3v) is 5.73. The molecule has 188 valence electrons. The molecular weight excluding hydrogens is 484 g/mol. The lowest BCUT2D eigenvalue weighted by molar-refractivity contribution is 0.102. The number of amides is 1. The molecule has 11 heteroatoms. The number of ether oxygens (including phenoxy) is 1. The fourth-order valence-corrected chi connectivity index (χ4v) is 3.79. The second-order valence-electron chi connectivity index (χ2n) is 8.51. The third kappa shape index (κ3) is 5.16. The van der Waals surface area contributed by atoms with Gasteiger partial charge in [-0.05, 0) is 55.0 Å². The Morgan fingerprint density at radius 2 is 1.84 bits per heavy atom. The van der Waals surface area contributed by atoms with Crippen molar-refractivity contribution in [2.45, 2.75) is 13.0 Å². The van der Waals surface area contributed by atoms with Gasteiger partial charge in [0, 0.05) is 43.2 Å². The Kier molecular flexibility index (Phi) is 6.36. The van der Waals surface area contributed by atoms with Gasteiger partial charge in [-0.25, -0.2) is 13.8 Å². The van der Waals surface area contributed by atoms with Crippen LogP contribution >= 0.6 is 0 Å². The van der Waals surface area contributed by atoms with Crippen molar-refractivity contribution < 1.29 is 23.4 Å². The van der Waals surface area contributed by atoms with Crippen molar-refractivity contribution in [3.8, 4) is 17.2 Å². The van der Waals surface area contributed by atoms with Crippen LogP contribution in [0.4, 0.5) is 20.3 Å². The molecule has 1 amide bonds. The number of β-amino-alcohol motifs (C(OH)–C–C–N with tert-alkyl or cyclic N) is 1. The van der Waals surface area contributed by atoms with Gasteiger partial charge in [0.2, 0.25) is 0 Å². The van der Waals surface area contributed by atoms with Gasteiger partial charge in [0.15, 0.2) is 17.3 Å². The number of aromatic nitrogens is 3. The standard InChI is InChI=1S/C26H21F2N5O4/c1-15-10-24(35)33(18-5-2-16(27)3-6-18)31-25(15)26(36)30-17-4-7-22(21(28)11-17)37-20-8-9-29-23(12-20)32-13-19(34)14-32/h2-12,19,34H,13-14H2,1H3,(H,30,36). The normalized spacial score (nSPS) is 13.2. The molecule has 4 aromatic rings. The maximum absolute atomic E-state index is 14.8. The summed E-state index contributed by atoms with van der Waals surface area (Å²) in [4.78, 5) is 31.4. The van der Waals surface area contributed by atoms with E-state index in [0.717, 1.165) is 10.7 Å². The van der Waals surface area contributed by atoms with Gasteiger partial charge in [0.25, 0.3) is 11.5 Å². The highest BCUT2D eigenvalue weighted by Crippen LogP contribution is 2.29. The van der Waals surface area contributed by atoms with E-state index in [1.54, 1.807) is 19.1 Å². The van der Waals surface area contributed by atoms with E-state index in [2.05, 4.69) is 15.4 Å². The summed E-state index contributed by atoms with van der Waals surface area (Å²) in [6.07, 6.45) is 1.14. The first-order valence-corrected chi connectivity index (χ1v) is 11.3. The number of aliphatic hydroxyl groups is 1. The molecule has 2 aromatic heterocycles. The number of hydrogen-bond donors (Lipinski definition) is 2. The number of pyridine rings is 1. The topological polar surface area (TPSA) is 110 Å². The molecule has 5 rings (SSSR count). The largest absolute Gasteiger partial charge is 0.454 e. The number of aryl methyl sites for hydroxylation is 1. The number of benzene rings is 2. The Hall–Kier alpha value is -4.64. The van der Waals surface area contributed by atoms with Crippen molar-refractivity contribution in [1.82, 2.24) is 14.8 Å². The van der Waals surface area contributed by atoms with Gasteiger partial charge in [-0.3, -0.25) is 9.59 Å². The lowest BCUT2D eigenvalue weighted by Crippen LogP contribution is -2.51. The van der Waals surface area contributed by atoms with Gasteiger partial charge in [0.05, 0.1) is 11.8 Å². The first-order chi connectivity index (χ1) is 17.8. The molecule has 0 bridgehead atoms. The van der Waals surface area contributed by atoms with E-state index in [9.17, 15) is 23.5 Å². The zero-order valence-electron chi connectivity index (χ0n) is 19.6. The van der Waals surface area contributed by atoms with Crippen molar-refractivity contribution in [3.63, 3.8) is 0 Å². The van der Waals surface area contributed by atoms with Crippen LogP contribution in [0.3, 0.4) is 0 Å². The first-order valence-electron chi connectivity index (χ1n) is 11.3. The summed E-state index contributed by atoms with van der Waals surface area (Å²) in [5.74, 6) is -0.926. The van der Waals surface area contributed by atoms with Gasteiger partial charge < -0.3 is 20.1 Å². The number of halogens is 2. The van der Waals surface area contributed by atoms with Crippen LogP contribution in [0.15, 0.2) is 71.7 Å². The first kappa shape index (κ1) is 24.1. The highest BCUT2D eigenvalue weighted by Gasteiger charge is 2.25. The molecule has 2 aromatic carbocycles. The van der Waals surface area contributed by atoms with Crippen LogP contribution in [0.25, 0.3) is 5.69 Å². The number of nitrogens with one attached hydrogen (secondary N) is 1. The van der Waals surface area contributed by atoms with Crippen LogP contribution in [0.2, 0.25) is 0 Å². The Morgan fingerprint density at radius 1 is 1.08 bits per heavy atom. The second-order valence-corrected chi connectivity index (χ2v) is 8.51. The van der Waals surface area contributed by atoms with Gasteiger partial charge >= 0.3 is 0 Å². The Morgan fingerprint density at radius 3 is 2.54 bits per heavy atom. The molecule has 1 aliphatic heterocycles. The molecule has 0 atom stereocenters. The summed E-state index contributed by atoms with van der Waals surface area (Å²) >= 11 is 0. The zero-order chi connectivity index (χ0) is 26.1. The van der Waals surface area contributed by atoms with Gasteiger partial charge in [-0.1, -0.05) is 0 Å². The number of anilines is 2. The van der Waals surface area contributed by atoms with Crippen LogP contribution in [-0.2, 0) is 0 Å². The summed E-state index contributed by atoms with van der Waals surface area (Å²) in [7, 11) is 0. The van der Waals surface area contributed by atoms with Crippen LogP contribution in [-0.4, -0.2) is 45.0 Å². The van der Waals surface area contributed by atoms with Gasteiger partial charge in [-0.2, -0.15) is 9.78 Å². The predicted molar refractivity (Wildman–Crippen MR) is 131 cm³/mol. The van der Waals surface area contributed by atoms with E-state index in [-0.39, 0.29) is 22.8 Å². The summed E-state index contributed by atoms with van der Waals surface area (Å²) in [6, 6.07) is 13.5. The SMILES string of the molecule is Cc1cc(=O)n(-c2ccc(F)cc2)nc1C(=O)Nc1ccc(Oc2ccnc(N3CC(O)C3)c2)c(F)c1. The van der Waals surface area contributed by atoms with Crippen LogP contribution in [0, 0.1) is 18.6 Å². The number of hydrogen-bond acceptors (Lipinski definition) is 7. The molecule has 0 radical (unpaired) electrons. The minimum atomic E-state index is -0.712. The molecule has 0 saturated carbocycles. The highest BCUT2D eigenvalue weighted by atomic mass is 19.1. The van der Waals surface area contributed by atoms with Gasteiger partial charge in [-0.15, -0.1) is 0 Å². The maximum Gasteiger partial charge on any atom is 0.276 e. The molecule has 1 fully saturated rings. The van der Waals surface area contributed by atoms with Crippen LogP contribution in [0.1, 0.15) is 16.1 Å². The second kappa shape index (κ2) is 9.78. The van der Waals surface area contributed by atoms with Crippen molar-refractivity contribution in [1.29, 1.82) is 0 Å². The van der Waals surface area contributed by atoms with E-state index in [1.807, 2.05) is 4.90 Å². The molecule has 9 nitrogen and oxygen atoms in total. The minimum absolute atomic E-state index is 0.0508. The summed E-state index contributed by atoms with van der Waals surface area (Å²) in [5, 5.41) is 16.2. The summed E-state index contributed by atoms with van der Waals surface area (Å²) in [5.41, 5.74) is 0.227. The summed E-state index contributed by atoms with van der Waals surface area (Å²) < 4.78 is 34.7.